The number of unbranched alkanes of at least 4 members (excludes halogenated alkanes) is 17. The summed E-state index contributed by atoms with van der Waals surface area (Å²) in [6, 6.07) is 0. The van der Waals surface area contributed by atoms with Crippen molar-refractivity contribution < 1.29 is 18.9 Å². The molecule has 1 atom stereocenters. The van der Waals surface area contributed by atoms with E-state index in [0.29, 0.717) is 5.92 Å². The van der Waals surface area contributed by atoms with Gasteiger partial charge in [0, 0.05) is 0 Å². The van der Waals surface area contributed by atoms with Crippen molar-refractivity contribution in [2.75, 3.05) is 27.2 Å². The molecule has 0 aliphatic rings. The molecule has 6 heteroatoms. The molecule has 2 N–H and O–H groups in total. The minimum atomic E-state index is -4.32. The highest BCUT2D eigenvalue weighted by molar-refractivity contribution is 7.46. The third kappa shape index (κ3) is 36.2. The first kappa shape index (κ1) is 38.2. The molecule has 0 amide bonds. The molecule has 0 saturated heterocycles. The fraction of sp³-hybridized carbons (Fsp3) is 1.00. The third-order valence-electron chi connectivity index (χ3n) is 6.87. The summed E-state index contributed by atoms with van der Waals surface area (Å²) in [5.74, 6) is 0.292. The van der Waals surface area contributed by atoms with Crippen LogP contribution < -0.4 is 0 Å². The van der Waals surface area contributed by atoms with Crippen LogP contribution in [0.15, 0.2) is 0 Å². The lowest BCUT2D eigenvalue weighted by molar-refractivity contribution is 0.157. The van der Waals surface area contributed by atoms with Gasteiger partial charge >= 0.3 is 7.82 Å². The van der Waals surface area contributed by atoms with Gasteiger partial charge in [-0.1, -0.05) is 143 Å². The van der Waals surface area contributed by atoms with Crippen molar-refractivity contribution in [2.24, 2.45) is 5.92 Å². The third-order valence-corrected chi connectivity index (χ3v) is 7.35. The molecule has 0 aliphatic carbocycles. The summed E-state index contributed by atoms with van der Waals surface area (Å²) in [5.41, 5.74) is 0. The Morgan fingerprint density at radius 1 is 0.583 bits per heavy atom. The van der Waals surface area contributed by atoms with Crippen molar-refractivity contribution in [1.82, 2.24) is 4.90 Å². The van der Waals surface area contributed by atoms with Gasteiger partial charge in [0.25, 0.3) is 0 Å². The summed E-state index contributed by atoms with van der Waals surface area (Å²) < 4.78 is 15.5. The molecule has 0 aromatic heterocycles. The molecule has 36 heavy (non-hydrogen) atoms. The van der Waals surface area contributed by atoms with E-state index in [9.17, 15) is 4.57 Å². The zero-order valence-electron chi connectivity index (χ0n) is 25.2. The largest absolute Gasteiger partial charge is 0.469 e. The van der Waals surface area contributed by atoms with E-state index in [-0.39, 0.29) is 6.61 Å². The second-order valence-electron chi connectivity index (χ2n) is 11.0. The second-order valence-corrected chi connectivity index (χ2v) is 12.3. The zero-order chi connectivity index (χ0) is 27.3. The van der Waals surface area contributed by atoms with Crippen molar-refractivity contribution >= 4 is 7.82 Å². The van der Waals surface area contributed by atoms with Crippen LogP contribution in [0.1, 0.15) is 162 Å². The van der Waals surface area contributed by atoms with Gasteiger partial charge in [-0.15, -0.1) is 0 Å². The maximum absolute atomic E-state index is 10.8. The van der Waals surface area contributed by atoms with E-state index in [4.69, 9.17) is 14.3 Å². The number of rotatable bonds is 26. The second kappa shape index (κ2) is 29.6. The number of hydrogen-bond acceptors (Lipinski definition) is 3. The minimum absolute atomic E-state index is 0.200. The van der Waals surface area contributed by atoms with Crippen molar-refractivity contribution in [1.29, 1.82) is 0 Å². The molecule has 0 saturated carbocycles. The Hall–Kier alpha value is 0.0700. The fourth-order valence-electron chi connectivity index (χ4n) is 4.50. The maximum atomic E-state index is 10.8. The van der Waals surface area contributed by atoms with Gasteiger partial charge in [0.2, 0.25) is 0 Å². The van der Waals surface area contributed by atoms with Crippen LogP contribution in [0, 0.1) is 5.92 Å². The van der Waals surface area contributed by atoms with Gasteiger partial charge in [0.05, 0.1) is 6.61 Å². The van der Waals surface area contributed by atoms with E-state index < -0.39 is 7.82 Å². The molecule has 0 aliphatic heterocycles. The Kier molecular flexibility index (Phi) is 31.4. The van der Waals surface area contributed by atoms with Crippen molar-refractivity contribution in [3.8, 4) is 0 Å². The molecule has 0 fully saturated rings. The predicted octanol–water partition coefficient (Wildman–Crippen LogP) is 9.90. The van der Waals surface area contributed by atoms with Gasteiger partial charge in [-0.05, 0) is 45.8 Å². The topological polar surface area (TPSA) is 70.0 Å². The van der Waals surface area contributed by atoms with Crippen LogP contribution in [0.3, 0.4) is 0 Å². The average molecular weight is 536 g/mol. The summed E-state index contributed by atoms with van der Waals surface area (Å²) in [7, 11) is 0.00261. The molecule has 1 unspecified atom stereocenters. The number of hydrogen-bond donors (Lipinski definition) is 2. The van der Waals surface area contributed by atoms with Crippen LogP contribution in [0.4, 0.5) is 0 Å². The predicted molar refractivity (Wildman–Crippen MR) is 159 cm³/mol. The lowest BCUT2D eigenvalue weighted by atomic mass is 9.95. The van der Waals surface area contributed by atoms with E-state index in [1.54, 1.807) is 0 Å². The highest BCUT2D eigenvalue weighted by Gasteiger charge is 2.18. The van der Waals surface area contributed by atoms with Crippen LogP contribution in [0.5, 0.6) is 0 Å². The van der Waals surface area contributed by atoms with Crippen molar-refractivity contribution in [3.63, 3.8) is 0 Å². The molecule has 0 aromatic carbocycles. The summed E-state index contributed by atoms with van der Waals surface area (Å²) in [6.07, 6.45) is 28.7. The number of phosphoric ester groups is 1. The Morgan fingerprint density at radius 3 is 1.28 bits per heavy atom. The van der Waals surface area contributed by atoms with Gasteiger partial charge in [-0.3, -0.25) is 4.52 Å². The minimum Gasteiger partial charge on any atom is -0.309 e. The van der Waals surface area contributed by atoms with Gasteiger partial charge in [-0.25, -0.2) is 4.57 Å². The van der Waals surface area contributed by atoms with E-state index in [1.807, 2.05) is 0 Å². The molecule has 0 spiro atoms. The lowest BCUT2D eigenvalue weighted by Crippen LogP contribution is -2.12. The normalized spacial score (nSPS) is 12.6. The standard InChI is InChI=1S/C16H35O4P.C14H31N/c1-3-5-7-9-10-12-14-16(13-11-8-6-4-2)15-20-21(17,18)19;1-4-5-6-7-8-9-10-11-12-13-14-15(2)3/h16H,3-15H2,1-2H3,(H2,17,18,19);4-14H2,1-3H3. The van der Waals surface area contributed by atoms with Gasteiger partial charge in [0.1, 0.15) is 0 Å². The van der Waals surface area contributed by atoms with Gasteiger partial charge in [0.15, 0.2) is 0 Å². The maximum Gasteiger partial charge on any atom is 0.469 e. The SMILES string of the molecule is CCCCCCCCC(CCCCCC)COP(=O)(O)O.CCCCCCCCCCCCN(C)C. The monoisotopic (exact) mass is 535 g/mol. The first-order valence-corrected chi connectivity index (χ1v) is 17.1. The number of phosphoric acid groups is 1. The molecule has 0 bridgehead atoms. The van der Waals surface area contributed by atoms with Crippen LogP contribution in [-0.4, -0.2) is 41.9 Å². The fourth-order valence-corrected chi connectivity index (χ4v) is 4.91. The van der Waals surface area contributed by atoms with Gasteiger partial charge < -0.3 is 14.7 Å². The Morgan fingerprint density at radius 2 is 0.917 bits per heavy atom. The summed E-state index contributed by atoms with van der Waals surface area (Å²) in [6.45, 7) is 8.14. The van der Waals surface area contributed by atoms with E-state index in [1.165, 1.54) is 122 Å². The van der Waals surface area contributed by atoms with Crippen molar-refractivity contribution in [2.45, 2.75) is 162 Å². The molecular formula is C30H66NO4P. The van der Waals surface area contributed by atoms with Crippen LogP contribution in [0.25, 0.3) is 0 Å². The first-order valence-electron chi connectivity index (χ1n) is 15.6. The first-order chi connectivity index (χ1) is 17.3. The molecule has 5 nitrogen and oxygen atoms in total. The summed E-state index contributed by atoms with van der Waals surface area (Å²) in [5, 5.41) is 0. The van der Waals surface area contributed by atoms with Crippen LogP contribution >= 0.6 is 7.82 Å². The Balaban J connectivity index is 0. The highest BCUT2D eigenvalue weighted by Crippen LogP contribution is 2.37. The zero-order valence-corrected chi connectivity index (χ0v) is 26.0. The molecule has 0 heterocycles. The Labute approximate surface area is 226 Å². The molecular weight excluding hydrogens is 469 g/mol. The quantitative estimate of drug-likeness (QED) is 0.0852. The lowest BCUT2D eigenvalue weighted by Gasteiger charge is -2.17. The van der Waals surface area contributed by atoms with Crippen molar-refractivity contribution in [3.05, 3.63) is 0 Å². The van der Waals surface area contributed by atoms with E-state index >= 15 is 0 Å². The molecule has 0 radical (unpaired) electrons. The smallest absolute Gasteiger partial charge is 0.309 e. The molecule has 0 rings (SSSR count). The molecule has 0 aromatic rings. The highest BCUT2D eigenvalue weighted by atomic mass is 31.2. The Bertz CT molecular complexity index is 456. The van der Waals surface area contributed by atoms with Gasteiger partial charge in [-0.2, -0.15) is 0 Å². The average Bonchev–Trinajstić information content (AvgIpc) is 2.82. The van der Waals surface area contributed by atoms with Crippen LogP contribution in [0.2, 0.25) is 0 Å². The number of nitrogens with zero attached hydrogens (tertiary/aromatic N) is 1. The summed E-state index contributed by atoms with van der Waals surface area (Å²) >= 11 is 0. The van der Waals surface area contributed by atoms with E-state index in [0.717, 1.165) is 25.7 Å². The van der Waals surface area contributed by atoms with Crippen LogP contribution in [-0.2, 0) is 9.09 Å². The van der Waals surface area contributed by atoms with E-state index in [2.05, 4.69) is 39.8 Å². The summed E-state index contributed by atoms with van der Waals surface area (Å²) in [4.78, 5) is 20.0. The molecule has 220 valence electrons.